The Kier molecular flexibility index (Phi) is 10.7. The lowest BCUT2D eigenvalue weighted by molar-refractivity contribution is -0.135. The van der Waals surface area contributed by atoms with Gasteiger partial charge in [-0.25, -0.2) is 19.6 Å². The molecule has 2 fully saturated rings. The van der Waals surface area contributed by atoms with Crippen molar-refractivity contribution < 1.29 is 29.0 Å². The number of imidazole rings is 2. The van der Waals surface area contributed by atoms with E-state index in [1.54, 1.807) is 29.1 Å². The number of aromatic nitrogens is 4. The minimum absolute atomic E-state index is 0.177. The fourth-order valence-corrected chi connectivity index (χ4v) is 7.06. The summed E-state index contributed by atoms with van der Waals surface area (Å²) in [5.41, 5.74) is 5.71. The zero-order valence-electron chi connectivity index (χ0n) is 29.0. The van der Waals surface area contributed by atoms with Gasteiger partial charge >= 0.3 is 12.2 Å². The molecule has 14 heteroatoms. The molecule has 0 saturated carbocycles. The first kappa shape index (κ1) is 35.2. The van der Waals surface area contributed by atoms with Crippen LogP contribution >= 0.6 is 0 Å². The Morgan fingerprint density at radius 1 is 0.804 bits per heavy atom. The number of methoxy groups -OCH3 is 1. The molecule has 0 aliphatic carbocycles. The minimum Gasteiger partial charge on any atom is -0.465 e. The average molecular weight is 697 g/mol. The van der Waals surface area contributed by atoms with E-state index in [2.05, 4.69) is 59.6 Å². The van der Waals surface area contributed by atoms with Crippen LogP contribution in [0.15, 0.2) is 60.9 Å². The number of hydrogen-bond donors (Lipinski definition) is 5. The van der Waals surface area contributed by atoms with E-state index in [1.165, 1.54) is 7.11 Å². The maximum Gasteiger partial charge on any atom is 0.407 e. The highest BCUT2D eigenvalue weighted by Gasteiger charge is 2.36. The number of benzene rings is 2. The van der Waals surface area contributed by atoms with Gasteiger partial charge in [-0.05, 0) is 61.3 Å². The highest BCUT2D eigenvalue weighted by molar-refractivity contribution is 5.86. The SMILES string of the molecule is CCC[C@H](NC(=O)O)C(=O)N1CCC[C@H]1c1ncc(-c2ccc(-c3ccc(-c4cnc(C5CCCN5C(=O)[C@H](C)NC(=O)OC)[nH]4)cc3)cc2)[nH]1. The van der Waals surface area contributed by atoms with Crippen molar-refractivity contribution in [3.63, 3.8) is 0 Å². The number of likely N-dealkylation sites (tertiary alicyclic amines) is 2. The van der Waals surface area contributed by atoms with Crippen LogP contribution in [0.5, 0.6) is 0 Å². The Bertz CT molecular complexity index is 1850. The van der Waals surface area contributed by atoms with Crippen molar-refractivity contribution in [3.05, 3.63) is 72.6 Å². The van der Waals surface area contributed by atoms with Gasteiger partial charge in [0.1, 0.15) is 23.7 Å². The van der Waals surface area contributed by atoms with E-state index in [0.717, 1.165) is 59.3 Å². The van der Waals surface area contributed by atoms with Crippen molar-refractivity contribution in [2.24, 2.45) is 0 Å². The molecule has 268 valence electrons. The van der Waals surface area contributed by atoms with Crippen LogP contribution < -0.4 is 10.6 Å². The molecule has 51 heavy (non-hydrogen) atoms. The smallest absolute Gasteiger partial charge is 0.407 e. The Morgan fingerprint density at radius 3 is 1.73 bits per heavy atom. The van der Waals surface area contributed by atoms with E-state index in [4.69, 9.17) is 0 Å². The number of alkyl carbamates (subject to hydrolysis) is 1. The van der Waals surface area contributed by atoms with E-state index >= 15 is 0 Å². The van der Waals surface area contributed by atoms with Crippen molar-refractivity contribution in [2.45, 2.75) is 76.5 Å². The van der Waals surface area contributed by atoms with Crippen LogP contribution in [0.1, 0.15) is 76.1 Å². The molecule has 2 aromatic carbocycles. The number of amides is 4. The van der Waals surface area contributed by atoms with Crippen molar-refractivity contribution >= 4 is 24.0 Å². The van der Waals surface area contributed by atoms with Gasteiger partial charge in [-0.3, -0.25) is 9.59 Å². The van der Waals surface area contributed by atoms with E-state index in [1.807, 2.05) is 31.2 Å². The van der Waals surface area contributed by atoms with Crippen molar-refractivity contribution in [2.75, 3.05) is 20.2 Å². The first-order valence-electron chi connectivity index (χ1n) is 17.4. The topological polar surface area (TPSA) is 186 Å². The Labute approximate surface area is 296 Å². The summed E-state index contributed by atoms with van der Waals surface area (Å²) in [5, 5.41) is 14.2. The standard InChI is InChI=1S/C37H44N8O6/c1-4-7-27(43-36(48)49)35(47)45-19-6-9-31(45)33-39-21-29(42-33)26-16-12-24(13-17-26)23-10-14-25(15-11-23)28-20-38-32(41-28)30-8-5-18-44(30)34(46)22(2)40-37(50)51-3/h10-17,20-22,27,30-31,43H,4-9,18-19H2,1-3H3,(H,38,41)(H,39,42)(H,40,50)(H,48,49)/t22-,27-,30?,31-/m0/s1. The molecule has 1 unspecified atom stereocenters. The van der Waals surface area contributed by atoms with Gasteiger partial charge in [0, 0.05) is 13.1 Å². The number of carboxylic acid groups (broad SMARTS) is 1. The zero-order valence-corrected chi connectivity index (χ0v) is 29.0. The average Bonchev–Trinajstić information content (AvgIpc) is 3.97. The molecule has 14 nitrogen and oxygen atoms in total. The van der Waals surface area contributed by atoms with Crippen LogP contribution in [0.25, 0.3) is 33.6 Å². The first-order valence-corrected chi connectivity index (χ1v) is 17.4. The summed E-state index contributed by atoms with van der Waals surface area (Å²) < 4.78 is 4.64. The molecule has 4 heterocycles. The van der Waals surface area contributed by atoms with Crippen LogP contribution in [0, 0.1) is 0 Å². The number of nitrogens with one attached hydrogen (secondary N) is 4. The molecule has 4 amide bonds. The predicted molar refractivity (Wildman–Crippen MR) is 189 cm³/mol. The number of carbonyl (C=O) groups is 4. The van der Waals surface area contributed by atoms with Crippen LogP contribution in [0.3, 0.4) is 0 Å². The van der Waals surface area contributed by atoms with Gasteiger partial charge in [0.15, 0.2) is 0 Å². The van der Waals surface area contributed by atoms with Crippen molar-refractivity contribution in [1.82, 2.24) is 40.4 Å². The molecule has 4 atom stereocenters. The van der Waals surface area contributed by atoms with Crippen molar-refractivity contribution in [1.29, 1.82) is 0 Å². The highest BCUT2D eigenvalue weighted by atomic mass is 16.5. The first-order chi connectivity index (χ1) is 24.7. The summed E-state index contributed by atoms with van der Waals surface area (Å²) in [4.78, 5) is 68.8. The second kappa shape index (κ2) is 15.5. The van der Waals surface area contributed by atoms with Gasteiger partial charge in [0.2, 0.25) is 11.8 Å². The lowest BCUT2D eigenvalue weighted by Crippen LogP contribution is -2.48. The van der Waals surface area contributed by atoms with E-state index in [0.29, 0.717) is 37.6 Å². The summed E-state index contributed by atoms with van der Waals surface area (Å²) >= 11 is 0. The van der Waals surface area contributed by atoms with Gasteiger partial charge in [0.25, 0.3) is 0 Å². The summed E-state index contributed by atoms with van der Waals surface area (Å²) in [6.45, 7) is 4.73. The van der Waals surface area contributed by atoms with Gasteiger partial charge in [-0.2, -0.15) is 0 Å². The fraction of sp³-hybridized carbons (Fsp3) is 0.405. The maximum absolute atomic E-state index is 13.3. The molecule has 2 aliphatic heterocycles. The van der Waals surface area contributed by atoms with Crippen molar-refractivity contribution in [3.8, 4) is 33.6 Å². The molecule has 2 saturated heterocycles. The molecule has 2 aromatic heterocycles. The minimum atomic E-state index is -1.20. The second-order valence-electron chi connectivity index (χ2n) is 13.0. The number of nitrogens with zero attached hydrogens (tertiary/aromatic N) is 4. The van der Waals surface area contributed by atoms with E-state index in [-0.39, 0.29) is 23.9 Å². The largest absolute Gasteiger partial charge is 0.465 e. The third-order valence-corrected chi connectivity index (χ3v) is 9.68. The highest BCUT2D eigenvalue weighted by Crippen LogP contribution is 2.34. The summed E-state index contributed by atoms with van der Waals surface area (Å²) in [6.07, 6.45) is 6.06. The fourth-order valence-electron chi connectivity index (χ4n) is 7.06. The number of H-pyrrole nitrogens is 2. The van der Waals surface area contributed by atoms with E-state index < -0.39 is 24.3 Å². The predicted octanol–water partition coefficient (Wildman–Crippen LogP) is 5.64. The molecule has 0 bridgehead atoms. The number of carbonyl (C=O) groups excluding carboxylic acids is 3. The lowest BCUT2D eigenvalue weighted by Gasteiger charge is -2.27. The molecule has 5 N–H and O–H groups in total. The Morgan fingerprint density at radius 2 is 1.27 bits per heavy atom. The number of aromatic amines is 2. The quantitative estimate of drug-likeness (QED) is 0.133. The molecule has 6 rings (SSSR count). The normalized spacial score (nSPS) is 18.3. The number of rotatable bonds is 11. The van der Waals surface area contributed by atoms with Crippen LogP contribution in [0.4, 0.5) is 9.59 Å². The third-order valence-electron chi connectivity index (χ3n) is 9.68. The number of hydrogen-bond acceptors (Lipinski definition) is 7. The monoisotopic (exact) mass is 696 g/mol. The Hall–Kier alpha value is -5.66. The zero-order chi connectivity index (χ0) is 36.1. The molecule has 0 radical (unpaired) electrons. The lowest BCUT2D eigenvalue weighted by atomic mass is 10.0. The summed E-state index contributed by atoms with van der Waals surface area (Å²) in [6, 6.07) is 14.4. The summed E-state index contributed by atoms with van der Waals surface area (Å²) in [5.74, 6) is 1.02. The molecule has 0 spiro atoms. The molecule has 2 aliphatic rings. The van der Waals surface area contributed by atoms with Crippen LogP contribution in [0.2, 0.25) is 0 Å². The number of ether oxygens (including phenoxy) is 1. The second-order valence-corrected chi connectivity index (χ2v) is 13.0. The van der Waals surface area contributed by atoms with Gasteiger partial charge < -0.3 is 40.2 Å². The Balaban J connectivity index is 1.10. The third kappa shape index (κ3) is 7.74. The maximum atomic E-state index is 13.3. The van der Waals surface area contributed by atoms with Gasteiger partial charge in [-0.15, -0.1) is 0 Å². The molecular weight excluding hydrogens is 652 g/mol. The molecular formula is C37H44N8O6. The van der Waals surface area contributed by atoms with E-state index in [9.17, 15) is 24.3 Å². The summed E-state index contributed by atoms with van der Waals surface area (Å²) in [7, 11) is 1.27. The molecule has 4 aromatic rings. The van der Waals surface area contributed by atoms with Gasteiger partial charge in [0.05, 0.1) is 43.0 Å². The van der Waals surface area contributed by atoms with Crippen LogP contribution in [-0.2, 0) is 14.3 Å². The van der Waals surface area contributed by atoms with Gasteiger partial charge in [-0.1, -0.05) is 61.9 Å². The van der Waals surface area contributed by atoms with Crippen LogP contribution in [-0.4, -0.2) is 91.1 Å².